The van der Waals surface area contributed by atoms with Gasteiger partial charge < -0.3 is 5.32 Å². The summed E-state index contributed by atoms with van der Waals surface area (Å²) in [6, 6.07) is 10.0. The van der Waals surface area contributed by atoms with Gasteiger partial charge in [-0.15, -0.1) is 0 Å². The molecule has 1 amide bonds. The number of hydrogen-bond donors (Lipinski definition) is 1. The number of carbonyl (C=O) groups is 2. The highest BCUT2D eigenvalue weighted by Crippen LogP contribution is 2.19. The number of nitrogens with one attached hydrogen (secondary N) is 1. The van der Waals surface area contributed by atoms with Crippen LogP contribution in [0.25, 0.3) is 5.69 Å². The van der Waals surface area contributed by atoms with E-state index in [0.717, 1.165) is 0 Å². The van der Waals surface area contributed by atoms with E-state index in [1.165, 1.54) is 10.7 Å². The molecular formula is C16H15ClN4O2. The van der Waals surface area contributed by atoms with E-state index in [1.54, 1.807) is 50.4 Å². The van der Waals surface area contributed by atoms with Gasteiger partial charge in [-0.2, -0.15) is 10.4 Å². The summed E-state index contributed by atoms with van der Waals surface area (Å²) < 4.78 is 1.43. The lowest BCUT2D eigenvalue weighted by molar-refractivity contribution is -0.122. The highest BCUT2D eigenvalue weighted by atomic mass is 35.5. The quantitative estimate of drug-likeness (QED) is 0.673. The SMILES string of the molecule is CC(C)NC(=O)[C@@H](C#N)C(=O)c1ccn(-c2ccccc2Cl)n1. The molecule has 0 bridgehead atoms. The average Bonchev–Trinajstić information content (AvgIpc) is 2.97. The van der Waals surface area contributed by atoms with E-state index in [4.69, 9.17) is 16.9 Å². The molecule has 1 heterocycles. The number of carbonyl (C=O) groups excluding carboxylic acids is 2. The molecule has 0 aliphatic heterocycles. The van der Waals surface area contributed by atoms with E-state index < -0.39 is 17.6 Å². The lowest BCUT2D eigenvalue weighted by atomic mass is 10.0. The smallest absolute Gasteiger partial charge is 0.245 e. The Morgan fingerprint density at radius 2 is 2.00 bits per heavy atom. The van der Waals surface area contributed by atoms with Crippen molar-refractivity contribution in [1.82, 2.24) is 15.1 Å². The lowest BCUT2D eigenvalue weighted by Crippen LogP contribution is -2.38. The largest absolute Gasteiger partial charge is 0.352 e. The molecule has 1 aromatic heterocycles. The first kappa shape index (κ1) is 16.7. The van der Waals surface area contributed by atoms with Gasteiger partial charge in [0.15, 0.2) is 5.92 Å². The number of rotatable bonds is 5. The molecule has 0 fully saturated rings. The second-order valence-electron chi connectivity index (χ2n) is 5.19. The van der Waals surface area contributed by atoms with Crippen molar-refractivity contribution in [3.05, 3.63) is 47.2 Å². The minimum absolute atomic E-state index is 0.0374. The molecule has 7 heteroatoms. The van der Waals surface area contributed by atoms with Crippen molar-refractivity contribution >= 4 is 23.3 Å². The van der Waals surface area contributed by atoms with Crippen LogP contribution in [-0.2, 0) is 4.79 Å². The first-order valence-electron chi connectivity index (χ1n) is 6.99. The molecule has 6 nitrogen and oxygen atoms in total. The van der Waals surface area contributed by atoms with Crippen LogP contribution in [0.15, 0.2) is 36.5 Å². The zero-order chi connectivity index (χ0) is 17.0. The molecular weight excluding hydrogens is 316 g/mol. The number of aromatic nitrogens is 2. The molecule has 0 saturated heterocycles. The number of Topliss-reactive ketones (excluding diaryl/α,β-unsaturated/α-hetero) is 1. The van der Waals surface area contributed by atoms with E-state index in [9.17, 15) is 9.59 Å². The van der Waals surface area contributed by atoms with E-state index in [-0.39, 0.29) is 11.7 Å². The third kappa shape index (κ3) is 3.76. The zero-order valence-electron chi connectivity index (χ0n) is 12.7. The molecule has 1 aromatic carbocycles. The van der Waals surface area contributed by atoms with E-state index in [0.29, 0.717) is 10.7 Å². The summed E-state index contributed by atoms with van der Waals surface area (Å²) in [4.78, 5) is 24.3. The summed E-state index contributed by atoms with van der Waals surface area (Å²) in [5, 5.41) is 16.3. The first-order valence-corrected chi connectivity index (χ1v) is 7.36. The maximum absolute atomic E-state index is 12.3. The fourth-order valence-electron chi connectivity index (χ4n) is 1.98. The van der Waals surface area contributed by atoms with Crippen molar-refractivity contribution < 1.29 is 9.59 Å². The van der Waals surface area contributed by atoms with Crippen LogP contribution in [-0.4, -0.2) is 27.5 Å². The normalized spacial score (nSPS) is 11.8. The van der Waals surface area contributed by atoms with E-state index in [2.05, 4.69) is 10.4 Å². The number of nitrogens with zero attached hydrogens (tertiary/aromatic N) is 3. The maximum atomic E-state index is 12.3. The maximum Gasteiger partial charge on any atom is 0.245 e. The summed E-state index contributed by atoms with van der Waals surface area (Å²) in [5.41, 5.74) is 0.642. The summed E-state index contributed by atoms with van der Waals surface area (Å²) >= 11 is 6.08. The highest BCUT2D eigenvalue weighted by molar-refractivity contribution is 6.32. The number of halogens is 1. The van der Waals surface area contributed by atoms with Crippen molar-refractivity contribution in [3.63, 3.8) is 0 Å². The lowest BCUT2D eigenvalue weighted by Gasteiger charge is -2.11. The van der Waals surface area contributed by atoms with Crippen LogP contribution in [0.3, 0.4) is 0 Å². The van der Waals surface area contributed by atoms with Gasteiger partial charge >= 0.3 is 0 Å². The zero-order valence-corrected chi connectivity index (χ0v) is 13.4. The van der Waals surface area contributed by atoms with Gasteiger partial charge in [-0.3, -0.25) is 9.59 Å². The van der Waals surface area contributed by atoms with Crippen LogP contribution in [0.1, 0.15) is 24.3 Å². The molecule has 2 rings (SSSR count). The monoisotopic (exact) mass is 330 g/mol. The second-order valence-corrected chi connectivity index (χ2v) is 5.59. The molecule has 0 saturated carbocycles. The van der Waals surface area contributed by atoms with Gasteiger partial charge in [0.25, 0.3) is 0 Å². The van der Waals surface area contributed by atoms with Gasteiger partial charge in [-0.1, -0.05) is 23.7 Å². The Morgan fingerprint density at radius 1 is 1.30 bits per heavy atom. The Labute approximate surface area is 138 Å². The number of nitriles is 1. The first-order chi connectivity index (χ1) is 10.9. The van der Waals surface area contributed by atoms with E-state index in [1.807, 2.05) is 0 Å². The standard InChI is InChI=1S/C16H15ClN4O2/c1-10(2)19-16(23)11(9-18)15(22)13-7-8-21(20-13)14-6-4-3-5-12(14)17/h3-8,10-11H,1-2H3,(H,19,23)/t11-/m0/s1. The predicted molar refractivity (Wildman–Crippen MR) is 85.3 cm³/mol. The Morgan fingerprint density at radius 3 is 2.61 bits per heavy atom. The molecule has 0 aliphatic carbocycles. The fraction of sp³-hybridized carbons (Fsp3) is 0.250. The molecule has 0 aliphatic rings. The molecule has 1 N–H and O–H groups in total. The number of amides is 1. The third-order valence-corrected chi connectivity index (χ3v) is 3.34. The fourth-order valence-corrected chi connectivity index (χ4v) is 2.20. The van der Waals surface area contributed by atoms with Crippen molar-refractivity contribution in [2.45, 2.75) is 19.9 Å². The minimum Gasteiger partial charge on any atom is -0.352 e. The van der Waals surface area contributed by atoms with Crippen LogP contribution in [0.5, 0.6) is 0 Å². The van der Waals surface area contributed by atoms with Crippen molar-refractivity contribution in [2.75, 3.05) is 0 Å². The number of benzene rings is 1. The number of ketones is 1. The highest BCUT2D eigenvalue weighted by Gasteiger charge is 2.29. The third-order valence-electron chi connectivity index (χ3n) is 3.03. The Hall–Kier alpha value is -2.65. The van der Waals surface area contributed by atoms with Crippen LogP contribution in [0.4, 0.5) is 0 Å². The Kier molecular flexibility index (Phi) is 5.14. The van der Waals surface area contributed by atoms with Gasteiger partial charge in [0.2, 0.25) is 11.7 Å². The van der Waals surface area contributed by atoms with Crippen molar-refractivity contribution in [2.24, 2.45) is 5.92 Å². The van der Waals surface area contributed by atoms with Crippen molar-refractivity contribution in [1.29, 1.82) is 5.26 Å². The van der Waals surface area contributed by atoms with Crippen LogP contribution >= 0.6 is 11.6 Å². The summed E-state index contributed by atoms with van der Waals surface area (Å²) in [6.45, 7) is 3.51. The van der Waals surface area contributed by atoms with Gasteiger partial charge in [-0.25, -0.2) is 4.68 Å². The van der Waals surface area contributed by atoms with Gasteiger partial charge in [0.1, 0.15) is 5.69 Å². The average molecular weight is 331 g/mol. The van der Waals surface area contributed by atoms with Gasteiger partial charge in [-0.05, 0) is 32.0 Å². The molecule has 1 atom stereocenters. The van der Waals surface area contributed by atoms with Gasteiger partial charge in [0, 0.05) is 12.2 Å². The minimum atomic E-state index is -1.42. The van der Waals surface area contributed by atoms with Crippen LogP contribution < -0.4 is 5.32 Å². The summed E-state index contributed by atoms with van der Waals surface area (Å²) in [7, 11) is 0. The molecule has 23 heavy (non-hydrogen) atoms. The summed E-state index contributed by atoms with van der Waals surface area (Å²) in [5.74, 6) is -2.69. The molecule has 118 valence electrons. The summed E-state index contributed by atoms with van der Waals surface area (Å²) in [6.07, 6.45) is 1.56. The van der Waals surface area contributed by atoms with Crippen molar-refractivity contribution in [3.8, 4) is 11.8 Å². The number of para-hydroxylation sites is 1. The topological polar surface area (TPSA) is 87.8 Å². The molecule has 0 spiro atoms. The van der Waals surface area contributed by atoms with E-state index >= 15 is 0 Å². The molecule has 2 aromatic rings. The predicted octanol–water partition coefficient (Wildman–Crippen LogP) is 2.37. The Balaban J connectivity index is 2.26. The number of hydrogen-bond acceptors (Lipinski definition) is 4. The molecule has 0 unspecified atom stereocenters. The van der Waals surface area contributed by atoms with Crippen LogP contribution in [0.2, 0.25) is 5.02 Å². The van der Waals surface area contributed by atoms with Gasteiger partial charge in [0.05, 0.1) is 16.8 Å². The van der Waals surface area contributed by atoms with Crippen LogP contribution in [0, 0.1) is 17.2 Å². The molecule has 0 radical (unpaired) electrons. The Bertz CT molecular complexity index is 776. The second kappa shape index (κ2) is 7.07.